The third-order valence-corrected chi connectivity index (χ3v) is 0.873. The molecule has 0 spiro atoms. The predicted molar refractivity (Wildman–Crippen MR) is 27.3 cm³/mol. The van der Waals surface area contributed by atoms with Crippen LogP contribution in [-0.2, 0) is 4.79 Å². The zero-order valence-electron chi connectivity index (χ0n) is 3.72. The fraction of sp³-hybridized carbons (Fsp3) is 0.250. The molecule has 0 aliphatic carbocycles. The molecule has 0 aliphatic heterocycles. The molecule has 0 bridgehead atoms. The number of carboxylic acid groups (broad SMARTS) is 1. The summed E-state index contributed by atoms with van der Waals surface area (Å²) in [6.07, 6.45) is 2.74. The SMILES string of the molecule is O=C(O)C=C[CH2][Ge]. The van der Waals surface area contributed by atoms with Crippen molar-refractivity contribution in [3.8, 4) is 0 Å². The third-order valence-electron chi connectivity index (χ3n) is 0.378. The van der Waals surface area contributed by atoms with Crippen LogP contribution in [0.1, 0.15) is 0 Å². The molecule has 0 fully saturated rings. The fourth-order valence-corrected chi connectivity index (χ4v) is 0.407. The summed E-state index contributed by atoms with van der Waals surface area (Å²) < 4.78 is 0. The van der Waals surface area contributed by atoms with Crippen molar-refractivity contribution in [2.45, 2.75) is 5.25 Å². The van der Waals surface area contributed by atoms with Crippen LogP contribution in [0.5, 0.6) is 0 Å². The summed E-state index contributed by atoms with van der Waals surface area (Å²) in [5.74, 6) is -0.873. The number of hydrogen-bond donors (Lipinski definition) is 1. The van der Waals surface area contributed by atoms with Crippen molar-refractivity contribution >= 4 is 22.5 Å². The van der Waals surface area contributed by atoms with Crippen molar-refractivity contribution in [1.29, 1.82) is 0 Å². The molecule has 1 N–H and O–H groups in total. The van der Waals surface area contributed by atoms with Gasteiger partial charge in [-0.25, -0.2) is 0 Å². The Kier molecular flexibility index (Phi) is 3.79. The minimum atomic E-state index is -0.873. The number of allylic oxidation sites excluding steroid dienone is 1. The van der Waals surface area contributed by atoms with Gasteiger partial charge in [0.05, 0.1) is 0 Å². The van der Waals surface area contributed by atoms with Gasteiger partial charge in [-0.3, -0.25) is 0 Å². The van der Waals surface area contributed by atoms with Crippen molar-refractivity contribution < 1.29 is 9.90 Å². The van der Waals surface area contributed by atoms with Gasteiger partial charge in [-0.1, -0.05) is 0 Å². The summed E-state index contributed by atoms with van der Waals surface area (Å²) in [7, 11) is 0. The molecule has 0 rings (SSSR count). The molecule has 37 valence electrons. The van der Waals surface area contributed by atoms with Crippen molar-refractivity contribution in [3.63, 3.8) is 0 Å². The molecule has 0 heterocycles. The monoisotopic (exact) mass is 159 g/mol. The minimum absolute atomic E-state index is 0.784. The second-order valence-corrected chi connectivity index (χ2v) is 1.80. The average Bonchev–Trinajstić information content (AvgIpc) is 1.61. The fourth-order valence-electron chi connectivity index (χ4n) is 0.160. The first-order chi connectivity index (χ1) is 3.27. The molecule has 0 aromatic carbocycles. The van der Waals surface area contributed by atoms with Gasteiger partial charge in [0.25, 0.3) is 0 Å². The Morgan fingerprint density at radius 2 is 2.43 bits per heavy atom. The van der Waals surface area contributed by atoms with Gasteiger partial charge < -0.3 is 0 Å². The number of carbonyl (C=O) groups is 1. The van der Waals surface area contributed by atoms with Crippen molar-refractivity contribution in [2.24, 2.45) is 0 Å². The standard InChI is InChI=1S/C4H5GeO2/c5-3-1-2-4(6)7/h1-2H,3H2,(H,6,7). The summed E-state index contributed by atoms with van der Waals surface area (Å²) in [4.78, 5) is 9.67. The summed E-state index contributed by atoms with van der Waals surface area (Å²) in [6, 6.07) is 0. The van der Waals surface area contributed by atoms with Crippen LogP contribution in [0.4, 0.5) is 0 Å². The van der Waals surface area contributed by atoms with Crippen LogP contribution in [0.3, 0.4) is 0 Å². The Morgan fingerprint density at radius 1 is 1.86 bits per heavy atom. The van der Waals surface area contributed by atoms with Crippen LogP contribution >= 0.6 is 0 Å². The van der Waals surface area contributed by atoms with E-state index >= 15 is 0 Å². The zero-order valence-corrected chi connectivity index (χ0v) is 5.82. The van der Waals surface area contributed by atoms with Gasteiger partial charge in [-0.05, 0) is 0 Å². The Labute approximate surface area is 50.4 Å². The van der Waals surface area contributed by atoms with Gasteiger partial charge in [0.1, 0.15) is 0 Å². The van der Waals surface area contributed by atoms with Crippen LogP contribution in [0.25, 0.3) is 0 Å². The van der Waals surface area contributed by atoms with Gasteiger partial charge >= 0.3 is 49.8 Å². The molecular weight excluding hydrogens is 153 g/mol. The topological polar surface area (TPSA) is 37.3 Å². The summed E-state index contributed by atoms with van der Waals surface area (Å²) in [6.45, 7) is 0. The molecule has 0 aromatic rings. The van der Waals surface area contributed by atoms with E-state index in [9.17, 15) is 4.79 Å². The van der Waals surface area contributed by atoms with Crippen LogP contribution < -0.4 is 0 Å². The average molecular weight is 158 g/mol. The molecule has 0 unspecified atom stereocenters. The molecule has 0 saturated heterocycles. The Morgan fingerprint density at radius 3 is 2.57 bits per heavy atom. The van der Waals surface area contributed by atoms with Crippen LogP contribution in [-0.4, -0.2) is 27.6 Å². The summed E-state index contributed by atoms with van der Waals surface area (Å²) >= 11 is 1.89. The van der Waals surface area contributed by atoms with Gasteiger partial charge in [-0.15, -0.1) is 0 Å². The van der Waals surface area contributed by atoms with Crippen molar-refractivity contribution in [2.75, 3.05) is 0 Å². The quantitative estimate of drug-likeness (QED) is 0.460. The van der Waals surface area contributed by atoms with E-state index in [1.807, 2.05) is 16.5 Å². The van der Waals surface area contributed by atoms with E-state index in [1.54, 1.807) is 6.08 Å². The van der Waals surface area contributed by atoms with Crippen molar-refractivity contribution in [3.05, 3.63) is 12.2 Å². The maximum absolute atomic E-state index is 9.67. The normalized spacial score (nSPS) is 9.86. The van der Waals surface area contributed by atoms with Gasteiger partial charge in [0, 0.05) is 0 Å². The van der Waals surface area contributed by atoms with Gasteiger partial charge in [0.15, 0.2) is 0 Å². The molecule has 2 nitrogen and oxygen atoms in total. The van der Waals surface area contributed by atoms with E-state index in [4.69, 9.17) is 5.11 Å². The second-order valence-electron chi connectivity index (χ2n) is 0.945. The molecule has 0 saturated carbocycles. The van der Waals surface area contributed by atoms with Crippen LogP contribution in [0.2, 0.25) is 5.25 Å². The van der Waals surface area contributed by atoms with E-state index in [0.717, 1.165) is 11.3 Å². The van der Waals surface area contributed by atoms with E-state index in [-0.39, 0.29) is 0 Å². The predicted octanol–water partition coefficient (Wildman–Crippen LogP) is 0.214. The molecule has 3 radical (unpaired) electrons. The first-order valence-corrected chi connectivity index (χ1v) is 3.30. The van der Waals surface area contributed by atoms with Gasteiger partial charge in [-0.2, -0.15) is 0 Å². The number of aliphatic carboxylic acids is 1. The summed E-state index contributed by atoms with van der Waals surface area (Å²) in [5.41, 5.74) is 0. The molecule has 3 heteroatoms. The van der Waals surface area contributed by atoms with Gasteiger partial charge in [0.2, 0.25) is 0 Å². The molecule has 0 aromatic heterocycles. The molecule has 0 aliphatic rings. The Balaban J connectivity index is 3.26. The van der Waals surface area contributed by atoms with Crippen LogP contribution in [0.15, 0.2) is 12.2 Å². The summed E-state index contributed by atoms with van der Waals surface area (Å²) in [5, 5.41) is 8.74. The van der Waals surface area contributed by atoms with E-state index in [0.29, 0.717) is 0 Å². The van der Waals surface area contributed by atoms with E-state index < -0.39 is 5.97 Å². The maximum atomic E-state index is 9.67. The molecule has 0 atom stereocenters. The molecule has 7 heavy (non-hydrogen) atoms. The van der Waals surface area contributed by atoms with E-state index in [1.165, 1.54) is 0 Å². The molecular formula is C4H5GeO2. The Bertz CT molecular complexity index is 87.7. The first kappa shape index (κ1) is 6.75. The first-order valence-electron chi connectivity index (χ1n) is 1.81. The number of rotatable bonds is 2. The zero-order chi connectivity index (χ0) is 5.70. The number of carboxylic acids is 1. The van der Waals surface area contributed by atoms with Crippen molar-refractivity contribution in [1.82, 2.24) is 0 Å². The number of hydrogen-bond acceptors (Lipinski definition) is 1. The second kappa shape index (κ2) is 3.93. The van der Waals surface area contributed by atoms with E-state index in [2.05, 4.69) is 0 Å². The Hall–Kier alpha value is -0.247. The van der Waals surface area contributed by atoms with Crippen LogP contribution in [0, 0.1) is 0 Å². The third kappa shape index (κ3) is 5.75. The molecule has 0 amide bonds.